The van der Waals surface area contributed by atoms with Gasteiger partial charge in [-0.15, -0.1) is 0 Å². The van der Waals surface area contributed by atoms with Crippen LogP contribution >= 0.6 is 0 Å². The molecule has 0 aliphatic heterocycles. The summed E-state index contributed by atoms with van der Waals surface area (Å²) in [5, 5.41) is 19.8. The van der Waals surface area contributed by atoms with Crippen molar-refractivity contribution in [1.82, 2.24) is 19.7 Å². The zero-order valence-electron chi connectivity index (χ0n) is 17.4. The van der Waals surface area contributed by atoms with E-state index in [1.807, 2.05) is 25.2 Å². The van der Waals surface area contributed by atoms with Crippen LogP contribution in [0.25, 0.3) is 21.7 Å². The number of carbonyl (C=O) groups excluding carboxylic acids is 1. The Hall–Kier alpha value is -3.86. The first-order chi connectivity index (χ1) is 15.7. The zero-order chi connectivity index (χ0) is 23.8. The first-order valence-corrected chi connectivity index (χ1v) is 9.95. The molecule has 0 saturated carbocycles. The third-order valence-electron chi connectivity index (χ3n) is 5.26. The van der Waals surface area contributed by atoms with Gasteiger partial charge in [0.2, 0.25) is 5.91 Å². The minimum absolute atomic E-state index is 0.286. The number of rotatable bonds is 6. The molecule has 4 rings (SSSR count). The van der Waals surface area contributed by atoms with Crippen molar-refractivity contribution in [2.24, 2.45) is 7.05 Å². The molecule has 8 nitrogen and oxygen atoms in total. The lowest BCUT2D eigenvalue weighted by atomic mass is 10.1. The standard InChI is InChI=1S/C22H20F3N5O3/c1-29-17-6-5-15(9-14(17)10-26-29)27-16-4-2-3-13-7-8-30(21(33)20(13)16)11-19(32)28-18(12-31)22(23,24)25/h2-10,18,27,31H,11-12H2,1H3,(H,28,32). The van der Waals surface area contributed by atoms with Crippen molar-refractivity contribution >= 4 is 39.0 Å². The van der Waals surface area contributed by atoms with Gasteiger partial charge in [-0.2, -0.15) is 18.3 Å². The minimum atomic E-state index is -4.80. The van der Waals surface area contributed by atoms with Crippen molar-refractivity contribution in [2.45, 2.75) is 18.8 Å². The van der Waals surface area contributed by atoms with E-state index in [0.717, 1.165) is 15.5 Å². The van der Waals surface area contributed by atoms with E-state index < -0.39 is 36.8 Å². The van der Waals surface area contributed by atoms with E-state index in [9.17, 15) is 22.8 Å². The van der Waals surface area contributed by atoms with Crippen LogP contribution in [0.2, 0.25) is 0 Å². The van der Waals surface area contributed by atoms with Crippen molar-refractivity contribution in [3.8, 4) is 0 Å². The second-order valence-electron chi connectivity index (χ2n) is 7.53. The van der Waals surface area contributed by atoms with Crippen LogP contribution in [-0.2, 0) is 18.4 Å². The summed E-state index contributed by atoms with van der Waals surface area (Å²) >= 11 is 0. The molecule has 0 spiro atoms. The first kappa shape index (κ1) is 22.3. The first-order valence-electron chi connectivity index (χ1n) is 9.95. The number of nitrogens with one attached hydrogen (secondary N) is 2. The number of anilines is 2. The number of carbonyl (C=O) groups is 1. The number of hydrogen-bond donors (Lipinski definition) is 3. The van der Waals surface area contributed by atoms with Gasteiger partial charge >= 0.3 is 6.18 Å². The maximum Gasteiger partial charge on any atom is 0.410 e. The second kappa shape index (κ2) is 8.58. The maximum atomic E-state index is 13.1. The Balaban J connectivity index is 1.64. The SMILES string of the molecule is Cn1ncc2cc(Nc3cccc4ccn(CC(=O)NC(CO)C(F)(F)F)c(=O)c34)ccc21. The molecule has 0 radical (unpaired) electrons. The van der Waals surface area contributed by atoms with Crippen LogP contribution in [0.4, 0.5) is 24.5 Å². The summed E-state index contributed by atoms with van der Waals surface area (Å²) in [5.41, 5.74) is 1.60. The van der Waals surface area contributed by atoms with Gasteiger partial charge in [0.25, 0.3) is 5.56 Å². The van der Waals surface area contributed by atoms with Crippen molar-refractivity contribution in [1.29, 1.82) is 0 Å². The predicted octanol–water partition coefficient (Wildman–Crippen LogP) is 2.67. The molecule has 0 aliphatic carbocycles. The lowest BCUT2D eigenvalue weighted by Crippen LogP contribution is -2.49. The molecule has 0 fully saturated rings. The third kappa shape index (κ3) is 4.53. The highest BCUT2D eigenvalue weighted by molar-refractivity contribution is 5.95. The van der Waals surface area contributed by atoms with Crippen LogP contribution in [-0.4, -0.2) is 44.2 Å². The Morgan fingerprint density at radius 2 is 1.97 bits per heavy atom. The number of halogens is 3. The number of nitrogens with zero attached hydrogens (tertiary/aromatic N) is 3. The molecule has 0 aliphatic rings. The van der Waals surface area contributed by atoms with Crippen molar-refractivity contribution in [3.05, 3.63) is 65.2 Å². The fourth-order valence-electron chi connectivity index (χ4n) is 3.58. The maximum absolute atomic E-state index is 13.1. The molecular formula is C22H20F3N5O3. The number of benzene rings is 2. The number of amides is 1. The van der Waals surface area contributed by atoms with E-state index >= 15 is 0 Å². The molecule has 1 unspecified atom stereocenters. The molecule has 0 bridgehead atoms. The van der Waals surface area contributed by atoms with Crippen LogP contribution in [0.1, 0.15) is 0 Å². The normalized spacial score (nSPS) is 12.8. The highest BCUT2D eigenvalue weighted by atomic mass is 19.4. The summed E-state index contributed by atoms with van der Waals surface area (Å²) in [5.74, 6) is -1.04. The Bertz CT molecular complexity index is 1390. The molecule has 4 aromatic rings. The van der Waals surface area contributed by atoms with Gasteiger partial charge in [-0.25, -0.2) is 0 Å². The van der Waals surface area contributed by atoms with Crippen LogP contribution < -0.4 is 16.2 Å². The van der Waals surface area contributed by atoms with Crippen LogP contribution in [0.15, 0.2) is 59.7 Å². The molecule has 1 amide bonds. The van der Waals surface area contributed by atoms with Crippen molar-refractivity contribution in [2.75, 3.05) is 11.9 Å². The Morgan fingerprint density at radius 3 is 2.70 bits per heavy atom. The number of pyridine rings is 1. The van der Waals surface area contributed by atoms with E-state index in [0.29, 0.717) is 16.8 Å². The van der Waals surface area contributed by atoms with Gasteiger partial charge in [-0.1, -0.05) is 12.1 Å². The van der Waals surface area contributed by atoms with Crippen LogP contribution in [0.5, 0.6) is 0 Å². The van der Waals surface area contributed by atoms with Gasteiger partial charge < -0.3 is 20.3 Å². The number of alkyl halides is 3. The molecule has 172 valence electrons. The number of aromatic nitrogens is 3. The van der Waals surface area contributed by atoms with Crippen LogP contribution in [0, 0.1) is 0 Å². The van der Waals surface area contributed by atoms with Gasteiger partial charge in [0.05, 0.1) is 29.4 Å². The summed E-state index contributed by atoms with van der Waals surface area (Å²) in [7, 11) is 1.83. The van der Waals surface area contributed by atoms with Crippen molar-refractivity contribution in [3.63, 3.8) is 0 Å². The molecular weight excluding hydrogens is 439 g/mol. The van der Waals surface area contributed by atoms with Gasteiger partial charge in [0, 0.05) is 24.3 Å². The predicted molar refractivity (Wildman–Crippen MR) is 117 cm³/mol. The van der Waals surface area contributed by atoms with Gasteiger partial charge in [-0.05, 0) is 35.7 Å². The van der Waals surface area contributed by atoms with E-state index in [1.54, 1.807) is 40.5 Å². The largest absolute Gasteiger partial charge is 0.410 e. The molecule has 0 saturated heterocycles. The molecule has 3 N–H and O–H groups in total. The second-order valence-corrected chi connectivity index (χ2v) is 7.53. The fraction of sp³-hybridized carbons (Fsp3) is 0.227. The van der Waals surface area contributed by atoms with Gasteiger partial charge in [-0.3, -0.25) is 14.3 Å². The smallest absolute Gasteiger partial charge is 0.394 e. The Labute approximate surface area is 185 Å². The summed E-state index contributed by atoms with van der Waals surface area (Å²) in [4.78, 5) is 25.2. The fourth-order valence-corrected chi connectivity index (χ4v) is 3.58. The lowest BCUT2D eigenvalue weighted by molar-refractivity contribution is -0.168. The molecule has 2 aromatic heterocycles. The molecule has 33 heavy (non-hydrogen) atoms. The van der Waals surface area contributed by atoms with E-state index in [2.05, 4.69) is 10.4 Å². The van der Waals surface area contributed by atoms with Gasteiger partial charge in [0.1, 0.15) is 12.6 Å². The highest BCUT2D eigenvalue weighted by Crippen LogP contribution is 2.26. The Kier molecular flexibility index (Phi) is 5.81. The zero-order valence-corrected chi connectivity index (χ0v) is 17.4. The third-order valence-corrected chi connectivity index (χ3v) is 5.26. The van der Waals surface area contributed by atoms with E-state index in [4.69, 9.17) is 5.11 Å². The molecule has 1 atom stereocenters. The number of fused-ring (bicyclic) bond motifs is 2. The quantitative estimate of drug-likeness (QED) is 0.412. The Morgan fingerprint density at radius 1 is 1.18 bits per heavy atom. The van der Waals surface area contributed by atoms with Gasteiger partial charge in [0.15, 0.2) is 0 Å². The number of hydrogen-bond acceptors (Lipinski definition) is 5. The molecule has 2 heterocycles. The van der Waals surface area contributed by atoms with Crippen molar-refractivity contribution < 1.29 is 23.1 Å². The summed E-state index contributed by atoms with van der Waals surface area (Å²) < 4.78 is 41.2. The average Bonchev–Trinajstić information content (AvgIpc) is 3.13. The lowest BCUT2D eigenvalue weighted by Gasteiger charge is -2.19. The summed E-state index contributed by atoms with van der Waals surface area (Å²) in [6, 6.07) is 9.99. The molecule has 2 aromatic carbocycles. The summed E-state index contributed by atoms with van der Waals surface area (Å²) in [6.07, 6.45) is -1.74. The van der Waals surface area contributed by atoms with E-state index in [-0.39, 0.29) is 5.39 Å². The number of aryl methyl sites for hydroxylation is 1. The van der Waals surface area contributed by atoms with E-state index in [1.165, 1.54) is 6.20 Å². The molecule has 11 heteroatoms. The monoisotopic (exact) mass is 459 g/mol. The number of aliphatic hydroxyl groups excluding tert-OH is 1. The minimum Gasteiger partial charge on any atom is -0.394 e. The number of aliphatic hydroxyl groups is 1. The highest BCUT2D eigenvalue weighted by Gasteiger charge is 2.40. The van der Waals surface area contributed by atoms with Crippen LogP contribution in [0.3, 0.4) is 0 Å². The average molecular weight is 459 g/mol. The topological polar surface area (TPSA) is 101 Å². The summed E-state index contributed by atoms with van der Waals surface area (Å²) in [6.45, 7) is -1.92.